The van der Waals surface area contributed by atoms with E-state index in [0.717, 1.165) is 10.2 Å². The smallest absolute Gasteiger partial charge is 0.173 e. The number of hydrogen-bond donors (Lipinski definition) is 1. The fourth-order valence-electron chi connectivity index (χ4n) is 1.01. The molecule has 0 amide bonds. The van der Waals surface area contributed by atoms with E-state index in [2.05, 4.69) is 36.7 Å². The van der Waals surface area contributed by atoms with Gasteiger partial charge in [0, 0.05) is 5.56 Å². The molecule has 0 spiro atoms. The minimum atomic E-state index is -0.0469. The molecule has 0 bridgehead atoms. The van der Waals surface area contributed by atoms with E-state index in [4.69, 9.17) is 9.52 Å². The van der Waals surface area contributed by atoms with Gasteiger partial charge in [-0.2, -0.15) is 0 Å². The molecule has 3 heteroatoms. The minimum Gasteiger partial charge on any atom is -0.452 e. The highest BCUT2D eigenvalue weighted by Crippen LogP contribution is 2.32. The third-order valence-electron chi connectivity index (χ3n) is 1.70. The fraction of sp³-hybridized carbons (Fsp3) is 0.556. The molecule has 68 valence electrons. The predicted octanol–water partition coefficient (Wildman–Crippen LogP) is 2.83. The largest absolute Gasteiger partial charge is 0.452 e. The van der Waals surface area contributed by atoms with Crippen LogP contribution in [0, 0.1) is 0 Å². The van der Waals surface area contributed by atoms with Crippen molar-refractivity contribution in [1.29, 1.82) is 0 Å². The van der Waals surface area contributed by atoms with Gasteiger partial charge in [0.25, 0.3) is 0 Å². The maximum atomic E-state index is 8.83. The Balaban J connectivity index is 3.08. The summed E-state index contributed by atoms with van der Waals surface area (Å²) in [5.74, 6) is 0.604. The molecular formula is C9H13BrO2. The standard InChI is InChI=1S/C9H13BrO2/c1-9(2,3)7-4-6(5-11)12-8(7)10/h4,11H,5H2,1-3H3. The van der Waals surface area contributed by atoms with Gasteiger partial charge in [0.05, 0.1) is 0 Å². The van der Waals surface area contributed by atoms with Gasteiger partial charge in [-0.25, -0.2) is 0 Å². The molecule has 0 fully saturated rings. The average molecular weight is 233 g/mol. The van der Waals surface area contributed by atoms with Crippen LogP contribution >= 0.6 is 15.9 Å². The molecule has 1 N–H and O–H groups in total. The van der Waals surface area contributed by atoms with Crippen LogP contribution in [0.25, 0.3) is 0 Å². The Morgan fingerprint density at radius 3 is 2.33 bits per heavy atom. The molecule has 0 saturated carbocycles. The van der Waals surface area contributed by atoms with Crippen molar-refractivity contribution in [2.45, 2.75) is 32.8 Å². The minimum absolute atomic E-state index is 0.0469. The topological polar surface area (TPSA) is 33.4 Å². The molecule has 0 saturated heterocycles. The lowest BCUT2D eigenvalue weighted by Gasteiger charge is -2.15. The zero-order valence-corrected chi connectivity index (χ0v) is 9.10. The first-order chi connectivity index (χ1) is 5.45. The summed E-state index contributed by atoms with van der Waals surface area (Å²) in [7, 11) is 0. The quantitative estimate of drug-likeness (QED) is 0.809. The van der Waals surface area contributed by atoms with Crippen molar-refractivity contribution in [3.63, 3.8) is 0 Å². The summed E-state index contributed by atoms with van der Waals surface area (Å²) in [6, 6.07) is 1.88. The first-order valence-electron chi connectivity index (χ1n) is 3.84. The van der Waals surface area contributed by atoms with E-state index in [1.165, 1.54) is 0 Å². The van der Waals surface area contributed by atoms with Gasteiger partial charge in [0.2, 0.25) is 0 Å². The van der Waals surface area contributed by atoms with Crippen LogP contribution in [0.4, 0.5) is 0 Å². The second kappa shape index (κ2) is 3.23. The van der Waals surface area contributed by atoms with Gasteiger partial charge in [-0.1, -0.05) is 20.8 Å². The highest BCUT2D eigenvalue weighted by Gasteiger charge is 2.20. The van der Waals surface area contributed by atoms with Crippen molar-refractivity contribution < 1.29 is 9.52 Å². The summed E-state index contributed by atoms with van der Waals surface area (Å²) >= 11 is 3.32. The lowest BCUT2D eigenvalue weighted by atomic mass is 9.89. The van der Waals surface area contributed by atoms with Crippen LogP contribution in [0.5, 0.6) is 0 Å². The third-order valence-corrected chi connectivity index (χ3v) is 2.29. The number of rotatable bonds is 1. The van der Waals surface area contributed by atoms with Gasteiger partial charge in [-0.3, -0.25) is 0 Å². The van der Waals surface area contributed by atoms with Gasteiger partial charge in [-0.15, -0.1) is 0 Å². The maximum absolute atomic E-state index is 8.83. The van der Waals surface area contributed by atoms with Crippen LogP contribution in [-0.4, -0.2) is 5.11 Å². The molecule has 2 nitrogen and oxygen atoms in total. The Bertz CT molecular complexity index is 271. The van der Waals surface area contributed by atoms with E-state index < -0.39 is 0 Å². The Kier molecular flexibility index (Phi) is 2.64. The summed E-state index contributed by atoms with van der Waals surface area (Å²) in [6.07, 6.45) is 0. The van der Waals surface area contributed by atoms with E-state index in [1.54, 1.807) is 0 Å². The summed E-state index contributed by atoms with van der Waals surface area (Å²) < 4.78 is 5.98. The second-order valence-corrected chi connectivity index (χ2v) is 4.53. The highest BCUT2D eigenvalue weighted by atomic mass is 79.9. The van der Waals surface area contributed by atoms with Gasteiger partial charge in [-0.05, 0) is 27.4 Å². The monoisotopic (exact) mass is 232 g/mol. The van der Waals surface area contributed by atoms with Crippen LogP contribution in [0.2, 0.25) is 0 Å². The molecule has 0 aromatic carbocycles. The number of hydrogen-bond acceptors (Lipinski definition) is 2. The van der Waals surface area contributed by atoms with Crippen LogP contribution in [0.3, 0.4) is 0 Å². The molecule has 0 aliphatic rings. The first-order valence-corrected chi connectivity index (χ1v) is 4.64. The van der Waals surface area contributed by atoms with Crippen molar-refractivity contribution in [3.05, 3.63) is 22.1 Å². The van der Waals surface area contributed by atoms with E-state index in [1.807, 2.05) is 6.07 Å². The molecule has 1 aromatic rings. The van der Waals surface area contributed by atoms with Gasteiger partial charge in [0.1, 0.15) is 12.4 Å². The summed E-state index contributed by atoms with van der Waals surface area (Å²) in [5, 5.41) is 8.83. The van der Waals surface area contributed by atoms with E-state index in [-0.39, 0.29) is 12.0 Å². The Morgan fingerprint density at radius 2 is 2.08 bits per heavy atom. The predicted molar refractivity (Wildman–Crippen MR) is 51.0 cm³/mol. The number of halogens is 1. The number of furan rings is 1. The fourth-order valence-corrected chi connectivity index (χ4v) is 1.92. The van der Waals surface area contributed by atoms with Gasteiger partial charge >= 0.3 is 0 Å². The van der Waals surface area contributed by atoms with E-state index >= 15 is 0 Å². The van der Waals surface area contributed by atoms with Crippen molar-refractivity contribution in [1.82, 2.24) is 0 Å². The highest BCUT2D eigenvalue weighted by molar-refractivity contribution is 9.10. The molecule has 0 unspecified atom stereocenters. The molecule has 0 aliphatic carbocycles. The maximum Gasteiger partial charge on any atom is 0.173 e. The average Bonchev–Trinajstić information content (AvgIpc) is 2.29. The lowest BCUT2D eigenvalue weighted by molar-refractivity contribution is 0.245. The first kappa shape index (κ1) is 9.81. The molecule has 1 rings (SSSR count). The third kappa shape index (κ3) is 1.90. The normalized spacial score (nSPS) is 12.1. The zero-order chi connectivity index (χ0) is 9.35. The zero-order valence-electron chi connectivity index (χ0n) is 7.52. The summed E-state index contributed by atoms with van der Waals surface area (Å²) in [4.78, 5) is 0. The molecule has 0 radical (unpaired) electrons. The lowest BCUT2D eigenvalue weighted by Crippen LogP contribution is -2.10. The summed E-state index contributed by atoms with van der Waals surface area (Å²) in [6.45, 7) is 6.26. The molecule has 0 atom stereocenters. The van der Waals surface area contributed by atoms with Gasteiger partial charge < -0.3 is 9.52 Å². The van der Waals surface area contributed by atoms with Crippen LogP contribution in [-0.2, 0) is 12.0 Å². The molecule has 1 heterocycles. The molecule has 12 heavy (non-hydrogen) atoms. The van der Waals surface area contributed by atoms with Gasteiger partial charge in [0.15, 0.2) is 4.67 Å². The number of aliphatic hydroxyl groups excluding tert-OH is 1. The molecular weight excluding hydrogens is 220 g/mol. The van der Waals surface area contributed by atoms with Crippen molar-refractivity contribution in [3.8, 4) is 0 Å². The second-order valence-electron chi connectivity index (χ2n) is 3.81. The molecule has 1 aromatic heterocycles. The van der Waals surface area contributed by atoms with Crippen LogP contribution in [0.15, 0.2) is 15.2 Å². The van der Waals surface area contributed by atoms with E-state index in [9.17, 15) is 0 Å². The van der Waals surface area contributed by atoms with Crippen molar-refractivity contribution in [2.24, 2.45) is 0 Å². The van der Waals surface area contributed by atoms with Crippen molar-refractivity contribution in [2.75, 3.05) is 0 Å². The molecule has 0 aliphatic heterocycles. The summed E-state index contributed by atoms with van der Waals surface area (Å²) in [5.41, 5.74) is 1.14. The number of aliphatic hydroxyl groups is 1. The van der Waals surface area contributed by atoms with Crippen LogP contribution < -0.4 is 0 Å². The Hall–Kier alpha value is -0.280. The Labute approximate surface area is 80.7 Å². The van der Waals surface area contributed by atoms with Crippen LogP contribution in [0.1, 0.15) is 32.1 Å². The Morgan fingerprint density at radius 1 is 1.50 bits per heavy atom. The SMILES string of the molecule is CC(C)(C)c1cc(CO)oc1Br. The van der Waals surface area contributed by atoms with Crippen molar-refractivity contribution >= 4 is 15.9 Å². The van der Waals surface area contributed by atoms with E-state index in [0.29, 0.717) is 5.76 Å².